The molecule has 1 amide bonds. The van der Waals surface area contributed by atoms with Gasteiger partial charge in [0.05, 0.1) is 12.0 Å². The number of nitrogens with zero attached hydrogens (tertiary/aromatic N) is 1. The Bertz CT molecular complexity index is 266. The smallest absolute Gasteiger partial charge is 0.548 e. The van der Waals surface area contributed by atoms with E-state index in [4.69, 9.17) is 0 Å². The second kappa shape index (κ2) is 10.8. The minimum absolute atomic E-state index is 0. The minimum atomic E-state index is -1.22. The Morgan fingerprint density at radius 3 is 2.41 bits per heavy atom. The molecular formula is C12H20NNaO3. The molecule has 0 aromatic heterocycles. The fraction of sp³-hybridized carbons (Fsp3) is 0.667. The van der Waals surface area contributed by atoms with E-state index in [1.807, 2.05) is 13.0 Å². The molecule has 0 aromatic carbocycles. The number of unbranched alkanes of at least 4 members (excludes halogenated alkanes) is 2. The Morgan fingerprint density at radius 1 is 1.35 bits per heavy atom. The molecule has 4 nitrogen and oxygen atoms in total. The summed E-state index contributed by atoms with van der Waals surface area (Å²) < 4.78 is 0. The van der Waals surface area contributed by atoms with Crippen molar-refractivity contribution in [3.8, 4) is 0 Å². The van der Waals surface area contributed by atoms with Crippen LogP contribution < -0.4 is 34.7 Å². The zero-order valence-corrected chi connectivity index (χ0v) is 13.2. The van der Waals surface area contributed by atoms with Crippen LogP contribution in [0.15, 0.2) is 12.2 Å². The van der Waals surface area contributed by atoms with Crippen molar-refractivity contribution in [2.75, 3.05) is 7.05 Å². The number of carbonyl (C=O) groups is 2. The van der Waals surface area contributed by atoms with Crippen LogP contribution in [0.4, 0.5) is 0 Å². The number of allylic oxidation sites excluding steroid dienone is 2. The van der Waals surface area contributed by atoms with E-state index in [1.54, 1.807) is 0 Å². The standard InChI is InChI=1S/C12H21NO3.Na/c1-4-5-6-7-8-9-11(14)13(3)10(2)12(15)16;/h4-5,10H,6-9H2,1-3H3,(H,15,16);/q;+1/p-1/b5-4+;. The summed E-state index contributed by atoms with van der Waals surface area (Å²) in [6, 6.07) is -0.858. The molecule has 17 heavy (non-hydrogen) atoms. The molecule has 0 spiro atoms. The molecule has 0 aliphatic carbocycles. The summed E-state index contributed by atoms with van der Waals surface area (Å²) in [5.41, 5.74) is 0. The van der Waals surface area contributed by atoms with Crippen LogP contribution in [0, 0.1) is 0 Å². The molecule has 1 unspecified atom stereocenters. The van der Waals surface area contributed by atoms with Gasteiger partial charge in [-0.25, -0.2) is 0 Å². The van der Waals surface area contributed by atoms with E-state index >= 15 is 0 Å². The molecule has 0 rings (SSSR count). The summed E-state index contributed by atoms with van der Waals surface area (Å²) in [6.45, 7) is 3.41. The third-order valence-electron chi connectivity index (χ3n) is 2.56. The molecule has 0 fully saturated rings. The minimum Gasteiger partial charge on any atom is -0.548 e. The predicted octanol–water partition coefficient (Wildman–Crippen LogP) is -2.28. The first-order chi connectivity index (χ1) is 7.50. The molecular weight excluding hydrogens is 229 g/mol. The van der Waals surface area contributed by atoms with Crippen molar-refractivity contribution < 1.29 is 44.3 Å². The van der Waals surface area contributed by atoms with Gasteiger partial charge in [-0.05, 0) is 33.1 Å². The van der Waals surface area contributed by atoms with Crippen LogP contribution in [0.2, 0.25) is 0 Å². The number of carboxylic acids is 1. The first-order valence-corrected chi connectivity index (χ1v) is 5.58. The molecule has 0 aromatic rings. The Labute approximate surface area is 125 Å². The second-order valence-electron chi connectivity index (χ2n) is 3.81. The van der Waals surface area contributed by atoms with Gasteiger partial charge in [0.25, 0.3) is 0 Å². The molecule has 5 heteroatoms. The number of carboxylic acid groups (broad SMARTS) is 1. The third-order valence-corrected chi connectivity index (χ3v) is 2.56. The second-order valence-corrected chi connectivity index (χ2v) is 3.81. The van der Waals surface area contributed by atoms with E-state index in [0.717, 1.165) is 19.3 Å². The van der Waals surface area contributed by atoms with Gasteiger partial charge in [0.2, 0.25) is 5.91 Å². The van der Waals surface area contributed by atoms with Gasteiger partial charge in [-0.2, -0.15) is 0 Å². The quantitative estimate of drug-likeness (QED) is 0.290. The predicted molar refractivity (Wildman–Crippen MR) is 60.5 cm³/mol. The molecule has 1 atom stereocenters. The number of carbonyl (C=O) groups excluding carboxylic acids is 2. The van der Waals surface area contributed by atoms with Gasteiger partial charge in [0.1, 0.15) is 0 Å². The van der Waals surface area contributed by atoms with E-state index in [9.17, 15) is 14.7 Å². The van der Waals surface area contributed by atoms with Crippen LogP contribution in [0.1, 0.15) is 39.5 Å². The number of rotatable bonds is 7. The van der Waals surface area contributed by atoms with Gasteiger partial charge in [-0.3, -0.25) is 4.79 Å². The molecule has 92 valence electrons. The fourth-order valence-electron chi connectivity index (χ4n) is 1.26. The van der Waals surface area contributed by atoms with Gasteiger partial charge < -0.3 is 14.8 Å². The molecule has 0 aliphatic rings. The van der Waals surface area contributed by atoms with Gasteiger partial charge in [-0.1, -0.05) is 12.2 Å². The Hall–Kier alpha value is -0.320. The number of amides is 1. The van der Waals surface area contributed by atoms with Crippen LogP contribution >= 0.6 is 0 Å². The van der Waals surface area contributed by atoms with Gasteiger partial charge in [-0.15, -0.1) is 0 Å². The Kier molecular flexibility index (Phi) is 12.1. The Morgan fingerprint density at radius 2 is 1.94 bits per heavy atom. The number of hydrogen-bond acceptors (Lipinski definition) is 3. The van der Waals surface area contributed by atoms with Crippen molar-refractivity contribution in [1.29, 1.82) is 0 Å². The van der Waals surface area contributed by atoms with Crippen LogP contribution in [-0.4, -0.2) is 29.9 Å². The van der Waals surface area contributed by atoms with Crippen molar-refractivity contribution in [2.24, 2.45) is 0 Å². The maximum Gasteiger partial charge on any atom is 1.00 e. The summed E-state index contributed by atoms with van der Waals surface area (Å²) in [5, 5.41) is 10.5. The first-order valence-electron chi connectivity index (χ1n) is 5.58. The monoisotopic (exact) mass is 249 g/mol. The van der Waals surface area contributed by atoms with Crippen molar-refractivity contribution in [3.63, 3.8) is 0 Å². The average molecular weight is 249 g/mol. The largest absolute Gasteiger partial charge is 1.00 e. The molecule has 0 bridgehead atoms. The van der Waals surface area contributed by atoms with E-state index in [-0.39, 0.29) is 35.5 Å². The van der Waals surface area contributed by atoms with E-state index < -0.39 is 12.0 Å². The molecule has 0 aliphatic heterocycles. The first kappa shape index (κ1) is 19.0. The van der Waals surface area contributed by atoms with Crippen molar-refractivity contribution in [3.05, 3.63) is 12.2 Å². The van der Waals surface area contributed by atoms with Gasteiger partial charge >= 0.3 is 29.6 Å². The summed E-state index contributed by atoms with van der Waals surface area (Å²) in [7, 11) is 1.49. The summed E-state index contributed by atoms with van der Waals surface area (Å²) >= 11 is 0. The number of aliphatic carboxylic acids is 1. The topological polar surface area (TPSA) is 60.4 Å². The van der Waals surface area contributed by atoms with Crippen LogP contribution in [0.25, 0.3) is 0 Å². The molecule has 0 saturated heterocycles. The maximum atomic E-state index is 11.5. The zero-order chi connectivity index (χ0) is 12.6. The van der Waals surface area contributed by atoms with Crippen molar-refractivity contribution >= 4 is 11.9 Å². The Balaban J connectivity index is 0. The van der Waals surface area contributed by atoms with Crippen molar-refractivity contribution in [1.82, 2.24) is 4.90 Å². The van der Waals surface area contributed by atoms with E-state index in [1.165, 1.54) is 18.9 Å². The van der Waals surface area contributed by atoms with Crippen molar-refractivity contribution in [2.45, 2.75) is 45.6 Å². The molecule has 0 saturated carbocycles. The summed E-state index contributed by atoms with van der Waals surface area (Å²) in [4.78, 5) is 23.3. The van der Waals surface area contributed by atoms with Gasteiger partial charge in [0.15, 0.2) is 0 Å². The summed E-state index contributed by atoms with van der Waals surface area (Å²) in [6.07, 6.45) is 7.12. The maximum absolute atomic E-state index is 11.5. The fourth-order valence-corrected chi connectivity index (χ4v) is 1.26. The van der Waals surface area contributed by atoms with Crippen LogP contribution in [0.3, 0.4) is 0 Å². The molecule has 0 radical (unpaired) electrons. The van der Waals surface area contributed by atoms with E-state index in [2.05, 4.69) is 6.08 Å². The third kappa shape index (κ3) is 8.41. The van der Waals surface area contributed by atoms with E-state index in [0.29, 0.717) is 6.42 Å². The van der Waals surface area contributed by atoms with Crippen LogP contribution in [-0.2, 0) is 9.59 Å². The van der Waals surface area contributed by atoms with Crippen LogP contribution in [0.5, 0.6) is 0 Å². The van der Waals surface area contributed by atoms with Gasteiger partial charge in [0, 0.05) is 13.5 Å². The number of likely N-dealkylation sites (N-methyl/N-ethyl adjacent to an activating group) is 1. The molecule has 0 N–H and O–H groups in total. The normalized spacial score (nSPS) is 11.9. The zero-order valence-electron chi connectivity index (χ0n) is 11.2. The number of hydrogen-bond donors (Lipinski definition) is 0. The average Bonchev–Trinajstić information content (AvgIpc) is 2.26. The molecule has 0 heterocycles. The summed E-state index contributed by atoms with van der Waals surface area (Å²) in [5.74, 6) is -1.36. The SMILES string of the molecule is C/C=C/CCCCC(=O)N(C)C(C)C(=O)[O-].[Na+].